The van der Waals surface area contributed by atoms with Gasteiger partial charge in [0.15, 0.2) is 17.7 Å². The van der Waals surface area contributed by atoms with E-state index in [4.69, 9.17) is 27.9 Å². The molecule has 2 rings (SSSR count). The van der Waals surface area contributed by atoms with Gasteiger partial charge in [0.05, 0.1) is 5.03 Å². The first-order valence-electron chi connectivity index (χ1n) is 4.25. The van der Waals surface area contributed by atoms with Gasteiger partial charge in [-0.25, -0.2) is 4.79 Å². The standard InChI is InChI=1S/C10H4Cl2O4/c11-7-8(12)10(15)16-9(7)5-3-4(13)1-2-6(5)14/h1-3,9H/t9-/m0/s1. The predicted octanol–water partition coefficient (Wildman–Crippen LogP) is 1.24. The van der Waals surface area contributed by atoms with Gasteiger partial charge >= 0.3 is 5.97 Å². The fraction of sp³-hybridized carbons (Fsp3) is 0.100. The highest BCUT2D eigenvalue weighted by atomic mass is 35.5. The first-order valence-corrected chi connectivity index (χ1v) is 5.00. The van der Waals surface area contributed by atoms with E-state index >= 15 is 0 Å². The summed E-state index contributed by atoms with van der Waals surface area (Å²) < 4.78 is 4.79. The monoisotopic (exact) mass is 258 g/mol. The molecule has 0 amide bonds. The average molecular weight is 259 g/mol. The average Bonchev–Trinajstić information content (AvgIpc) is 2.50. The maximum Gasteiger partial charge on any atom is 0.352 e. The first-order chi connectivity index (χ1) is 7.50. The Morgan fingerprint density at radius 3 is 2.38 bits per heavy atom. The molecule has 0 saturated heterocycles. The Kier molecular flexibility index (Phi) is 2.69. The highest BCUT2D eigenvalue weighted by Crippen LogP contribution is 2.33. The molecule has 2 aliphatic rings. The van der Waals surface area contributed by atoms with E-state index in [1.165, 1.54) is 0 Å². The van der Waals surface area contributed by atoms with E-state index in [9.17, 15) is 14.4 Å². The molecule has 0 bridgehead atoms. The molecule has 0 aromatic heterocycles. The fourth-order valence-electron chi connectivity index (χ4n) is 1.35. The summed E-state index contributed by atoms with van der Waals surface area (Å²) in [7, 11) is 0. The van der Waals surface area contributed by atoms with Gasteiger partial charge in [0.1, 0.15) is 5.03 Å². The van der Waals surface area contributed by atoms with Crippen molar-refractivity contribution in [1.82, 2.24) is 0 Å². The molecule has 16 heavy (non-hydrogen) atoms. The number of halogens is 2. The smallest absolute Gasteiger partial charge is 0.352 e. The number of hydrogen-bond acceptors (Lipinski definition) is 4. The topological polar surface area (TPSA) is 60.4 Å². The van der Waals surface area contributed by atoms with Crippen LogP contribution >= 0.6 is 23.2 Å². The van der Waals surface area contributed by atoms with Crippen LogP contribution in [0.4, 0.5) is 0 Å². The van der Waals surface area contributed by atoms with Crippen molar-refractivity contribution in [3.05, 3.63) is 33.9 Å². The van der Waals surface area contributed by atoms with Crippen molar-refractivity contribution in [3.63, 3.8) is 0 Å². The number of carbonyl (C=O) groups is 3. The van der Waals surface area contributed by atoms with Crippen molar-refractivity contribution < 1.29 is 19.1 Å². The lowest BCUT2D eigenvalue weighted by Crippen LogP contribution is -2.22. The molecule has 0 aromatic rings. The van der Waals surface area contributed by atoms with Gasteiger partial charge in [0, 0.05) is 5.57 Å². The SMILES string of the molecule is O=C1C=CC(=O)C([C@@H]2OC(=O)C(Cl)=C2Cl)=C1. The third-order valence-corrected chi connectivity index (χ3v) is 2.95. The number of hydrogen-bond donors (Lipinski definition) is 0. The molecule has 1 atom stereocenters. The van der Waals surface area contributed by atoms with Crippen molar-refractivity contribution in [1.29, 1.82) is 0 Å². The van der Waals surface area contributed by atoms with Crippen molar-refractivity contribution in [2.75, 3.05) is 0 Å². The summed E-state index contributed by atoms with van der Waals surface area (Å²) in [5.74, 6) is -1.59. The quantitative estimate of drug-likeness (QED) is 0.525. The molecule has 0 aromatic carbocycles. The zero-order chi connectivity index (χ0) is 11.9. The van der Waals surface area contributed by atoms with Crippen LogP contribution in [0.1, 0.15) is 0 Å². The second kappa shape index (κ2) is 3.88. The summed E-state index contributed by atoms with van der Waals surface area (Å²) in [5.41, 5.74) is 0.0153. The molecule has 0 fully saturated rings. The van der Waals surface area contributed by atoms with Crippen LogP contribution in [0.2, 0.25) is 0 Å². The Morgan fingerprint density at radius 2 is 1.81 bits per heavy atom. The van der Waals surface area contributed by atoms with Gasteiger partial charge in [-0.15, -0.1) is 0 Å². The number of ketones is 2. The van der Waals surface area contributed by atoms with Gasteiger partial charge in [-0.1, -0.05) is 23.2 Å². The largest absolute Gasteiger partial charge is 0.447 e. The van der Waals surface area contributed by atoms with E-state index in [-0.39, 0.29) is 21.4 Å². The van der Waals surface area contributed by atoms with Gasteiger partial charge in [0.25, 0.3) is 0 Å². The van der Waals surface area contributed by atoms with Crippen LogP contribution in [0.15, 0.2) is 33.9 Å². The van der Waals surface area contributed by atoms with E-state index in [2.05, 4.69) is 0 Å². The van der Waals surface area contributed by atoms with Gasteiger partial charge in [-0.3, -0.25) is 9.59 Å². The third kappa shape index (κ3) is 1.70. The van der Waals surface area contributed by atoms with Crippen LogP contribution < -0.4 is 0 Å². The van der Waals surface area contributed by atoms with Crippen LogP contribution in [0.5, 0.6) is 0 Å². The normalized spacial score (nSPS) is 25.0. The first kappa shape index (κ1) is 11.1. The Hall–Kier alpha value is -1.39. The minimum absolute atomic E-state index is 0.0153. The zero-order valence-electron chi connectivity index (χ0n) is 7.70. The maximum atomic E-state index is 11.5. The molecular formula is C10H4Cl2O4. The number of ether oxygens (including phenoxy) is 1. The van der Waals surface area contributed by atoms with E-state index < -0.39 is 17.9 Å². The summed E-state index contributed by atoms with van der Waals surface area (Å²) in [4.78, 5) is 33.6. The Labute approximate surface area is 100 Å². The molecule has 0 spiro atoms. The Balaban J connectivity index is 2.38. The molecule has 0 unspecified atom stereocenters. The molecule has 4 nitrogen and oxygen atoms in total. The third-order valence-electron chi connectivity index (χ3n) is 2.11. The van der Waals surface area contributed by atoms with Crippen molar-refractivity contribution in [3.8, 4) is 0 Å². The Morgan fingerprint density at radius 1 is 1.12 bits per heavy atom. The number of cyclic esters (lactones) is 1. The predicted molar refractivity (Wildman–Crippen MR) is 55.8 cm³/mol. The van der Waals surface area contributed by atoms with Crippen molar-refractivity contribution >= 4 is 40.7 Å². The van der Waals surface area contributed by atoms with E-state index in [0.29, 0.717) is 0 Å². The van der Waals surface area contributed by atoms with Crippen LogP contribution in [-0.2, 0) is 19.1 Å². The van der Waals surface area contributed by atoms with Crippen LogP contribution in [0.3, 0.4) is 0 Å². The van der Waals surface area contributed by atoms with E-state index in [1.807, 2.05) is 0 Å². The highest BCUT2D eigenvalue weighted by Gasteiger charge is 2.37. The lowest BCUT2D eigenvalue weighted by molar-refractivity contribution is -0.138. The van der Waals surface area contributed by atoms with Gasteiger partial charge in [0.2, 0.25) is 0 Å². The fourth-order valence-corrected chi connectivity index (χ4v) is 1.74. The molecule has 1 heterocycles. The van der Waals surface area contributed by atoms with Gasteiger partial charge in [-0.2, -0.15) is 0 Å². The number of esters is 1. The number of rotatable bonds is 1. The number of carbonyl (C=O) groups excluding carboxylic acids is 3. The summed E-state index contributed by atoms with van der Waals surface area (Å²) in [5, 5.41) is -0.336. The van der Waals surface area contributed by atoms with Gasteiger partial charge < -0.3 is 4.74 Å². The molecule has 82 valence electrons. The molecule has 0 radical (unpaired) electrons. The highest BCUT2D eigenvalue weighted by molar-refractivity contribution is 6.49. The summed E-state index contributed by atoms with van der Waals surface area (Å²) in [6.07, 6.45) is 2.24. The van der Waals surface area contributed by atoms with Crippen LogP contribution in [0.25, 0.3) is 0 Å². The second-order valence-electron chi connectivity index (χ2n) is 3.15. The summed E-state index contributed by atoms with van der Waals surface area (Å²) in [6.45, 7) is 0. The minimum atomic E-state index is -1.07. The molecule has 0 N–H and O–H groups in total. The van der Waals surface area contributed by atoms with Crippen molar-refractivity contribution in [2.24, 2.45) is 0 Å². The van der Waals surface area contributed by atoms with Crippen molar-refractivity contribution in [2.45, 2.75) is 6.10 Å². The molecular weight excluding hydrogens is 255 g/mol. The summed E-state index contributed by atoms with van der Waals surface area (Å²) >= 11 is 11.3. The second-order valence-corrected chi connectivity index (χ2v) is 3.93. The lowest BCUT2D eigenvalue weighted by atomic mass is 9.98. The zero-order valence-corrected chi connectivity index (χ0v) is 9.21. The lowest BCUT2D eigenvalue weighted by Gasteiger charge is -2.13. The van der Waals surface area contributed by atoms with Gasteiger partial charge in [-0.05, 0) is 18.2 Å². The van der Waals surface area contributed by atoms with E-state index in [1.54, 1.807) is 0 Å². The van der Waals surface area contributed by atoms with Crippen LogP contribution in [0, 0.1) is 0 Å². The molecule has 0 saturated carbocycles. The maximum absolute atomic E-state index is 11.5. The van der Waals surface area contributed by atoms with Crippen LogP contribution in [-0.4, -0.2) is 23.6 Å². The number of allylic oxidation sites excluding steroid dienone is 3. The molecule has 1 aliphatic heterocycles. The Bertz CT molecular complexity index is 499. The molecule has 1 aliphatic carbocycles. The van der Waals surface area contributed by atoms with E-state index in [0.717, 1.165) is 18.2 Å². The summed E-state index contributed by atoms with van der Waals surface area (Å²) in [6, 6.07) is 0. The molecule has 6 heteroatoms. The minimum Gasteiger partial charge on any atom is -0.447 e.